The van der Waals surface area contributed by atoms with Crippen LogP contribution in [-0.4, -0.2) is 41.9 Å². The van der Waals surface area contributed by atoms with Crippen molar-refractivity contribution in [2.75, 3.05) is 26.2 Å². The van der Waals surface area contributed by atoms with Crippen molar-refractivity contribution in [3.8, 4) is 0 Å². The summed E-state index contributed by atoms with van der Waals surface area (Å²) >= 11 is 0. The summed E-state index contributed by atoms with van der Waals surface area (Å²) in [4.78, 5) is 16.6. The van der Waals surface area contributed by atoms with Gasteiger partial charge < -0.3 is 4.90 Å². The number of amides is 1. The first-order chi connectivity index (χ1) is 11.9. The van der Waals surface area contributed by atoms with E-state index in [1.807, 2.05) is 0 Å². The highest BCUT2D eigenvalue weighted by Gasteiger charge is 2.44. The minimum absolute atomic E-state index is 0.0310. The van der Waals surface area contributed by atoms with Gasteiger partial charge in [0.2, 0.25) is 5.91 Å². The van der Waals surface area contributed by atoms with Crippen LogP contribution in [0.25, 0.3) is 0 Å². The van der Waals surface area contributed by atoms with Crippen molar-refractivity contribution in [1.82, 2.24) is 9.80 Å². The zero-order valence-electron chi connectivity index (χ0n) is 15.0. The number of piperidine rings is 1. The molecular weight excluding hydrogens is 322 g/mol. The normalized spacial score (nSPS) is 21.4. The van der Waals surface area contributed by atoms with Crippen molar-refractivity contribution in [3.05, 3.63) is 47.0 Å². The van der Waals surface area contributed by atoms with Crippen LogP contribution in [0.4, 0.5) is 8.78 Å². The van der Waals surface area contributed by atoms with Gasteiger partial charge in [-0.25, -0.2) is 8.78 Å². The summed E-state index contributed by atoms with van der Waals surface area (Å²) in [7, 11) is 0. The van der Waals surface area contributed by atoms with Gasteiger partial charge >= 0.3 is 0 Å². The molecule has 2 aliphatic heterocycles. The molecule has 2 heterocycles. The van der Waals surface area contributed by atoms with Gasteiger partial charge in [0.05, 0.1) is 0 Å². The van der Waals surface area contributed by atoms with Crippen molar-refractivity contribution in [1.29, 1.82) is 0 Å². The molecule has 1 aromatic rings. The van der Waals surface area contributed by atoms with Gasteiger partial charge in [0, 0.05) is 32.1 Å². The third-order valence-corrected chi connectivity index (χ3v) is 5.58. The predicted octanol–water partition coefficient (Wildman–Crippen LogP) is 3.75. The summed E-state index contributed by atoms with van der Waals surface area (Å²) in [6.45, 7) is 8.18. The zero-order valence-corrected chi connectivity index (χ0v) is 15.0. The molecule has 2 aliphatic rings. The number of hydrogen-bond donors (Lipinski definition) is 0. The van der Waals surface area contributed by atoms with E-state index in [0.29, 0.717) is 18.5 Å². The van der Waals surface area contributed by atoms with Gasteiger partial charge in [-0.15, -0.1) is 0 Å². The van der Waals surface area contributed by atoms with Crippen LogP contribution in [0.5, 0.6) is 0 Å². The second-order valence-corrected chi connectivity index (χ2v) is 7.62. The third-order valence-electron chi connectivity index (χ3n) is 5.58. The Morgan fingerprint density at radius 1 is 1.20 bits per heavy atom. The number of benzene rings is 1. The molecule has 25 heavy (non-hydrogen) atoms. The van der Waals surface area contributed by atoms with Gasteiger partial charge in [0.25, 0.3) is 0 Å². The first kappa shape index (κ1) is 18.1. The van der Waals surface area contributed by atoms with E-state index in [4.69, 9.17) is 0 Å². The van der Waals surface area contributed by atoms with E-state index in [9.17, 15) is 13.6 Å². The zero-order chi connectivity index (χ0) is 18.0. The highest BCUT2D eigenvalue weighted by Crippen LogP contribution is 2.41. The molecule has 0 bridgehead atoms. The maximum atomic E-state index is 13.4. The summed E-state index contributed by atoms with van der Waals surface area (Å²) in [5.41, 5.74) is 1.92. The Bertz CT molecular complexity index is 658. The molecule has 1 aromatic carbocycles. The first-order valence-electron chi connectivity index (χ1n) is 8.96. The predicted molar refractivity (Wildman–Crippen MR) is 93.9 cm³/mol. The number of hydrogen-bond acceptors (Lipinski definition) is 2. The first-order valence-corrected chi connectivity index (χ1v) is 8.96. The molecule has 0 radical (unpaired) electrons. The second-order valence-electron chi connectivity index (χ2n) is 7.62. The molecule has 136 valence electrons. The summed E-state index contributed by atoms with van der Waals surface area (Å²) in [6.07, 6.45) is 4.71. The highest BCUT2D eigenvalue weighted by molar-refractivity contribution is 5.79. The number of carbonyl (C=O) groups is 1. The van der Waals surface area contributed by atoms with Gasteiger partial charge in [-0.2, -0.15) is 0 Å². The Morgan fingerprint density at radius 3 is 2.44 bits per heavy atom. The number of allylic oxidation sites excluding steroid dienone is 1. The molecule has 3 rings (SSSR count). The monoisotopic (exact) mass is 348 g/mol. The third kappa shape index (κ3) is 4.27. The Balaban J connectivity index is 1.61. The average molecular weight is 348 g/mol. The maximum absolute atomic E-state index is 13.4. The fourth-order valence-electron chi connectivity index (χ4n) is 4.01. The van der Waals surface area contributed by atoms with Crippen molar-refractivity contribution in [2.45, 2.75) is 39.7 Å². The second kappa shape index (κ2) is 7.24. The molecule has 1 spiro atoms. The van der Waals surface area contributed by atoms with E-state index < -0.39 is 11.6 Å². The fraction of sp³-hybridized carbons (Fsp3) is 0.550. The summed E-state index contributed by atoms with van der Waals surface area (Å²) in [6, 6.07) is 3.48. The Hall–Kier alpha value is -1.75. The summed E-state index contributed by atoms with van der Waals surface area (Å²) in [5.74, 6) is -1.09. The Labute approximate surface area is 148 Å². The van der Waals surface area contributed by atoms with Crippen LogP contribution in [0, 0.1) is 17.0 Å². The summed E-state index contributed by atoms with van der Waals surface area (Å²) < 4.78 is 26.7. The van der Waals surface area contributed by atoms with E-state index in [0.717, 1.165) is 38.5 Å². The smallest absolute Gasteiger partial charge is 0.223 e. The quantitative estimate of drug-likeness (QED) is 0.774. The van der Waals surface area contributed by atoms with Crippen LogP contribution in [-0.2, 0) is 11.3 Å². The lowest BCUT2D eigenvalue weighted by atomic mass is 9.77. The molecule has 0 unspecified atom stereocenters. The highest BCUT2D eigenvalue weighted by atomic mass is 19.1. The SMILES string of the molecule is CC=C(C)CN1CCC2(CC1)CC(=O)N(Cc1cc(F)cc(F)c1)C2. The van der Waals surface area contributed by atoms with E-state index in [-0.39, 0.29) is 17.9 Å². The van der Waals surface area contributed by atoms with E-state index >= 15 is 0 Å². The Kier molecular flexibility index (Phi) is 5.23. The molecule has 3 nitrogen and oxygen atoms in total. The fourth-order valence-corrected chi connectivity index (χ4v) is 4.01. The minimum atomic E-state index is -0.594. The lowest BCUT2D eigenvalue weighted by Gasteiger charge is -2.39. The van der Waals surface area contributed by atoms with Gasteiger partial charge in [-0.3, -0.25) is 9.69 Å². The van der Waals surface area contributed by atoms with Crippen molar-refractivity contribution in [3.63, 3.8) is 0 Å². The number of rotatable bonds is 4. The molecule has 1 amide bonds. The number of halogens is 2. The lowest BCUT2D eigenvalue weighted by Crippen LogP contribution is -2.42. The molecule has 0 aliphatic carbocycles. The van der Waals surface area contributed by atoms with Gasteiger partial charge in [-0.1, -0.05) is 11.6 Å². The topological polar surface area (TPSA) is 23.6 Å². The maximum Gasteiger partial charge on any atom is 0.223 e. The van der Waals surface area contributed by atoms with E-state index in [1.165, 1.54) is 17.7 Å². The minimum Gasteiger partial charge on any atom is -0.338 e. The number of carbonyl (C=O) groups excluding carboxylic acids is 1. The van der Waals surface area contributed by atoms with Gasteiger partial charge in [0.1, 0.15) is 11.6 Å². The largest absolute Gasteiger partial charge is 0.338 e. The molecular formula is C20H26F2N2O. The average Bonchev–Trinajstić information content (AvgIpc) is 2.84. The summed E-state index contributed by atoms with van der Waals surface area (Å²) in [5, 5.41) is 0. The van der Waals surface area contributed by atoms with Crippen LogP contribution >= 0.6 is 0 Å². The molecule has 0 saturated carbocycles. The standard InChI is InChI=1S/C20H26F2N2O/c1-3-15(2)12-23-6-4-20(5-7-23)11-19(25)24(14-20)13-16-8-17(21)10-18(22)9-16/h3,8-10H,4-7,11-14H2,1-2H3. The van der Waals surface area contributed by atoms with Crippen molar-refractivity contribution < 1.29 is 13.6 Å². The molecule has 2 saturated heterocycles. The van der Waals surface area contributed by atoms with E-state index in [1.54, 1.807) is 4.90 Å². The number of likely N-dealkylation sites (tertiary alicyclic amines) is 2. The molecule has 0 aromatic heterocycles. The lowest BCUT2D eigenvalue weighted by molar-refractivity contribution is -0.128. The Morgan fingerprint density at radius 2 is 1.84 bits per heavy atom. The molecule has 0 atom stereocenters. The molecule has 5 heteroatoms. The van der Waals surface area contributed by atoms with Crippen LogP contribution in [0.15, 0.2) is 29.8 Å². The molecule has 0 N–H and O–H groups in total. The van der Waals surface area contributed by atoms with Gasteiger partial charge in [-0.05, 0) is 62.9 Å². The molecule has 2 fully saturated rings. The van der Waals surface area contributed by atoms with Crippen LogP contribution < -0.4 is 0 Å². The van der Waals surface area contributed by atoms with Crippen LogP contribution in [0.1, 0.15) is 38.7 Å². The van der Waals surface area contributed by atoms with E-state index in [2.05, 4.69) is 24.8 Å². The van der Waals surface area contributed by atoms with Crippen LogP contribution in [0.2, 0.25) is 0 Å². The van der Waals surface area contributed by atoms with Gasteiger partial charge in [0.15, 0.2) is 0 Å². The van der Waals surface area contributed by atoms with Crippen molar-refractivity contribution >= 4 is 5.91 Å². The number of nitrogens with zero attached hydrogens (tertiary/aromatic N) is 2. The van der Waals surface area contributed by atoms with Crippen LogP contribution in [0.3, 0.4) is 0 Å². The van der Waals surface area contributed by atoms with Crippen molar-refractivity contribution in [2.24, 2.45) is 5.41 Å².